The molecular formula is C36H43N9O3. The van der Waals surface area contributed by atoms with E-state index in [4.69, 9.17) is 0 Å². The number of hydrogen-bond acceptors (Lipinski definition) is 8. The predicted molar refractivity (Wildman–Crippen MR) is 177 cm³/mol. The van der Waals surface area contributed by atoms with Crippen molar-refractivity contribution in [3.05, 3.63) is 75.6 Å². The van der Waals surface area contributed by atoms with Gasteiger partial charge in [-0.1, -0.05) is 17.3 Å². The minimum atomic E-state index is -0.923. The van der Waals surface area contributed by atoms with Crippen molar-refractivity contribution in [2.75, 3.05) is 6.54 Å². The largest absolute Gasteiger partial charge is 0.350 e. The second kappa shape index (κ2) is 11.5. The van der Waals surface area contributed by atoms with Gasteiger partial charge in [-0.2, -0.15) is 10.5 Å². The molecule has 12 nitrogen and oxygen atoms in total. The fourth-order valence-electron chi connectivity index (χ4n) is 8.61. The smallest absolute Gasteiger partial charge is 0.251 e. The number of nitrogens with zero attached hydrogens (tertiary/aromatic N) is 5. The third kappa shape index (κ3) is 5.07. The molecule has 4 aliphatic rings. The summed E-state index contributed by atoms with van der Waals surface area (Å²) in [7, 11) is 0. The SMILES string of the molecule is CC(C)NC(=O)c1ccc2c(c1)CCc1cc(C(=O)NC(C)C)ccc1C2(C[C@@H](C)NCC(=O)N1C(C#N)CC23CC12C3)c1nn[nH]n1. The van der Waals surface area contributed by atoms with Gasteiger partial charge in [-0.15, -0.1) is 10.2 Å². The number of amides is 3. The van der Waals surface area contributed by atoms with E-state index >= 15 is 0 Å². The molecule has 0 spiro atoms. The Kier molecular flexibility index (Phi) is 7.66. The van der Waals surface area contributed by atoms with E-state index in [1.54, 1.807) is 0 Å². The summed E-state index contributed by atoms with van der Waals surface area (Å²) in [4.78, 5) is 41.7. The van der Waals surface area contributed by atoms with Gasteiger partial charge in [-0.3, -0.25) is 14.4 Å². The van der Waals surface area contributed by atoms with Gasteiger partial charge in [0.2, 0.25) is 5.91 Å². The van der Waals surface area contributed by atoms with Gasteiger partial charge in [0.25, 0.3) is 11.8 Å². The number of aryl methyl sites for hydroxylation is 2. The molecule has 4 N–H and O–H groups in total. The summed E-state index contributed by atoms with van der Waals surface area (Å²) in [5.74, 6) is 0.137. The van der Waals surface area contributed by atoms with Crippen molar-refractivity contribution in [3.8, 4) is 6.07 Å². The molecular weight excluding hydrogens is 606 g/mol. The highest BCUT2D eigenvalue weighted by atomic mass is 16.2. The third-order valence-electron chi connectivity index (χ3n) is 10.9. The number of rotatable bonds is 10. The average Bonchev–Trinajstić information content (AvgIpc) is 3.63. The number of hydrogen-bond donors (Lipinski definition) is 4. The maximum absolute atomic E-state index is 13.6. The van der Waals surface area contributed by atoms with E-state index in [1.807, 2.05) is 75.9 Å². The van der Waals surface area contributed by atoms with Gasteiger partial charge in [-0.25, -0.2) is 0 Å². The summed E-state index contributed by atoms with van der Waals surface area (Å²) in [6.45, 7) is 9.88. The molecule has 2 heterocycles. The Bertz CT molecular complexity index is 1750. The van der Waals surface area contributed by atoms with Crippen LogP contribution in [0.5, 0.6) is 0 Å². The van der Waals surface area contributed by atoms with Crippen molar-refractivity contribution < 1.29 is 14.4 Å². The molecule has 1 saturated heterocycles. The highest BCUT2D eigenvalue weighted by molar-refractivity contribution is 5.95. The van der Waals surface area contributed by atoms with Gasteiger partial charge in [-0.05, 0) is 120 Å². The van der Waals surface area contributed by atoms with Crippen molar-refractivity contribution in [3.63, 3.8) is 0 Å². The number of aromatic nitrogens is 4. The molecule has 3 amide bonds. The normalized spacial score (nSPS) is 24.8. The Morgan fingerprint density at radius 3 is 2.04 bits per heavy atom. The van der Waals surface area contributed by atoms with Crippen molar-refractivity contribution in [1.29, 1.82) is 5.26 Å². The van der Waals surface area contributed by atoms with E-state index in [0.29, 0.717) is 36.2 Å². The molecule has 3 aromatic rings. The number of nitrogens with one attached hydrogen (secondary N) is 4. The van der Waals surface area contributed by atoms with Crippen LogP contribution in [-0.2, 0) is 23.1 Å². The number of carbonyl (C=O) groups excluding carboxylic acids is 3. The van der Waals surface area contributed by atoms with Crippen LogP contribution in [0, 0.1) is 16.7 Å². The van der Waals surface area contributed by atoms with E-state index in [0.717, 1.165) is 41.5 Å². The fourth-order valence-corrected chi connectivity index (χ4v) is 8.61. The highest BCUT2D eigenvalue weighted by Gasteiger charge is 2.90. The van der Waals surface area contributed by atoms with Gasteiger partial charge in [0.05, 0.1) is 23.6 Å². The molecule has 1 unspecified atom stereocenters. The van der Waals surface area contributed by atoms with Crippen LogP contribution in [0.4, 0.5) is 0 Å². The number of H-pyrrole nitrogens is 1. The molecule has 1 aliphatic heterocycles. The number of fused-ring (bicyclic) bond motifs is 2. The second-order valence-electron chi connectivity index (χ2n) is 14.9. The summed E-state index contributed by atoms with van der Waals surface area (Å²) in [5.41, 5.74) is 4.19. The molecule has 2 aromatic carbocycles. The van der Waals surface area contributed by atoms with Crippen molar-refractivity contribution in [1.82, 2.24) is 41.5 Å². The fraction of sp³-hybridized carbons (Fsp3) is 0.528. The van der Waals surface area contributed by atoms with Crippen LogP contribution in [-0.4, -0.2) is 79.5 Å². The molecule has 2 atom stereocenters. The molecule has 7 rings (SSSR count). The molecule has 2 saturated carbocycles. The first-order chi connectivity index (χ1) is 22.9. The van der Waals surface area contributed by atoms with Crippen LogP contribution >= 0.6 is 0 Å². The number of aromatic amines is 1. The number of likely N-dealkylation sites (tertiary alicyclic amines) is 1. The van der Waals surface area contributed by atoms with Gasteiger partial charge in [0.15, 0.2) is 5.82 Å². The number of benzene rings is 2. The summed E-state index contributed by atoms with van der Waals surface area (Å²) >= 11 is 0. The molecule has 250 valence electrons. The Balaban J connectivity index is 1.27. The summed E-state index contributed by atoms with van der Waals surface area (Å²) < 4.78 is 0. The van der Waals surface area contributed by atoms with Crippen LogP contribution in [0.2, 0.25) is 0 Å². The Hall–Kier alpha value is -4.63. The average molecular weight is 650 g/mol. The van der Waals surface area contributed by atoms with Gasteiger partial charge >= 0.3 is 0 Å². The lowest BCUT2D eigenvalue weighted by molar-refractivity contribution is -0.133. The van der Waals surface area contributed by atoms with Crippen LogP contribution in [0.25, 0.3) is 0 Å². The van der Waals surface area contributed by atoms with Crippen LogP contribution in [0.1, 0.15) is 109 Å². The molecule has 3 aliphatic carbocycles. The Morgan fingerprint density at radius 2 is 1.54 bits per heavy atom. The number of nitriles is 1. The molecule has 0 radical (unpaired) electrons. The summed E-state index contributed by atoms with van der Waals surface area (Å²) in [6.07, 6.45) is 4.55. The zero-order chi connectivity index (χ0) is 34.0. The lowest BCUT2D eigenvalue weighted by atomic mass is 9.67. The predicted octanol–water partition coefficient (Wildman–Crippen LogP) is 2.93. The van der Waals surface area contributed by atoms with E-state index in [1.165, 1.54) is 0 Å². The van der Waals surface area contributed by atoms with Crippen LogP contribution in [0.3, 0.4) is 0 Å². The molecule has 1 aromatic heterocycles. The van der Waals surface area contributed by atoms with Crippen LogP contribution < -0.4 is 16.0 Å². The first kappa shape index (κ1) is 31.9. The quantitative estimate of drug-likeness (QED) is 0.260. The lowest BCUT2D eigenvalue weighted by Crippen LogP contribution is -2.49. The highest BCUT2D eigenvalue weighted by Crippen LogP contribution is 2.87. The number of carbonyl (C=O) groups is 3. The number of tetrazole rings is 1. The minimum Gasteiger partial charge on any atom is -0.350 e. The molecule has 12 heteroatoms. The summed E-state index contributed by atoms with van der Waals surface area (Å²) in [6, 6.07) is 13.3. The lowest BCUT2D eigenvalue weighted by Gasteiger charge is -2.37. The zero-order valence-corrected chi connectivity index (χ0v) is 28.2. The van der Waals surface area contributed by atoms with Crippen molar-refractivity contribution in [2.45, 2.75) is 108 Å². The molecule has 0 bridgehead atoms. The van der Waals surface area contributed by atoms with Gasteiger partial charge < -0.3 is 20.9 Å². The second-order valence-corrected chi connectivity index (χ2v) is 14.9. The standard InChI is InChI=1S/C36H43N9O3/c1-20(2)39-31(47)25-8-10-28-23(12-25)6-7-24-13-26(32(48)40-21(3)4)9-11-29(24)36(28,33-41-43-44-42-33)14-22(5)38-17-30(46)45-27(16-37)15-34-18-35(34,45)19-34/h8-13,20-22,27,38H,6-7,14-15,17-19H2,1-5H3,(H,39,47)(H,40,48)(H,41,42,43,44)/t22-,27?,34?,35?/m1/s1. The van der Waals surface area contributed by atoms with E-state index in [-0.39, 0.29) is 59.4 Å². The van der Waals surface area contributed by atoms with E-state index in [2.05, 4.69) is 42.6 Å². The maximum Gasteiger partial charge on any atom is 0.251 e. The molecule has 3 fully saturated rings. The summed E-state index contributed by atoms with van der Waals surface area (Å²) in [5, 5.41) is 35.0. The molecule has 48 heavy (non-hydrogen) atoms. The van der Waals surface area contributed by atoms with Crippen molar-refractivity contribution in [2.24, 2.45) is 5.41 Å². The monoisotopic (exact) mass is 649 g/mol. The Labute approximate surface area is 280 Å². The van der Waals surface area contributed by atoms with Gasteiger partial charge in [0.1, 0.15) is 6.04 Å². The van der Waals surface area contributed by atoms with Gasteiger partial charge in [0, 0.05) is 34.7 Å². The Morgan fingerprint density at radius 1 is 0.958 bits per heavy atom. The topological polar surface area (TPSA) is 169 Å². The van der Waals surface area contributed by atoms with E-state index in [9.17, 15) is 19.6 Å². The first-order valence-electron chi connectivity index (χ1n) is 17.0. The van der Waals surface area contributed by atoms with Crippen molar-refractivity contribution >= 4 is 17.7 Å². The van der Waals surface area contributed by atoms with Crippen LogP contribution in [0.15, 0.2) is 36.4 Å². The first-order valence-corrected chi connectivity index (χ1v) is 17.0. The van der Waals surface area contributed by atoms with E-state index < -0.39 is 5.41 Å². The number of piperidine rings is 2. The third-order valence-corrected chi connectivity index (χ3v) is 10.9. The zero-order valence-electron chi connectivity index (χ0n) is 28.2. The maximum atomic E-state index is 13.6. The minimum absolute atomic E-state index is 0.0103.